The van der Waals surface area contributed by atoms with Gasteiger partial charge in [0, 0.05) is 18.8 Å². The monoisotopic (exact) mass is 309 g/mol. The molecule has 1 aromatic carbocycles. The van der Waals surface area contributed by atoms with E-state index in [0.29, 0.717) is 17.4 Å². The van der Waals surface area contributed by atoms with Crippen LogP contribution in [0.5, 0.6) is 0 Å². The molecule has 0 spiro atoms. The zero-order chi connectivity index (χ0) is 15.9. The van der Waals surface area contributed by atoms with E-state index in [1.165, 1.54) is 18.4 Å². The lowest BCUT2D eigenvalue weighted by atomic mass is 10.1. The van der Waals surface area contributed by atoms with Gasteiger partial charge in [-0.15, -0.1) is 0 Å². The second kappa shape index (κ2) is 7.77. The summed E-state index contributed by atoms with van der Waals surface area (Å²) in [5, 5.41) is 6.42. The molecule has 2 N–H and O–H groups in total. The van der Waals surface area contributed by atoms with E-state index in [0.717, 1.165) is 25.8 Å². The van der Waals surface area contributed by atoms with Crippen LogP contribution in [0.15, 0.2) is 48.7 Å². The molecule has 1 amide bonds. The Morgan fingerprint density at radius 1 is 1.09 bits per heavy atom. The van der Waals surface area contributed by atoms with Crippen molar-refractivity contribution in [2.45, 2.75) is 38.1 Å². The first-order valence-corrected chi connectivity index (χ1v) is 8.36. The number of carbonyl (C=O) groups is 1. The predicted octanol–water partition coefficient (Wildman–Crippen LogP) is 3.41. The van der Waals surface area contributed by atoms with Crippen LogP contribution in [0.3, 0.4) is 0 Å². The summed E-state index contributed by atoms with van der Waals surface area (Å²) < 4.78 is 0. The molecule has 3 rings (SSSR count). The molecule has 0 atom stereocenters. The highest BCUT2D eigenvalue weighted by molar-refractivity contribution is 5.98. The summed E-state index contributed by atoms with van der Waals surface area (Å²) >= 11 is 0. The molecule has 1 aromatic heterocycles. The van der Waals surface area contributed by atoms with Gasteiger partial charge in [-0.25, -0.2) is 4.98 Å². The lowest BCUT2D eigenvalue weighted by Crippen LogP contribution is -2.33. The van der Waals surface area contributed by atoms with Crippen molar-refractivity contribution in [3.63, 3.8) is 0 Å². The number of nitrogens with one attached hydrogen (secondary N) is 2. The Kier molecular flexibility index (Phi) is 5.25. The summed E-state index contributed by atoms with van der Waals surface area (Å²) in [6.45, 7) is 0.755. The summed E-state index contributed by atoms with van der Waals surface area (Å²) in [6.07, 6.45) is 7.21. The zero-order valence-electron chi connectivity index (χ0n) is 13.3. The van der Waals surface area contributed by atoms with Crippen molar-refractivity contribution in [2.24, 2.45) is 0 Å². The number of pyridine rings is 1. The van der Waals surface area contributed by atoms with Gasteiger partial charge in [-0.1, -0.05) is 43.2 Å². The van der Waals surface area contributed by atoms with Crippen molar-refractivity contribution in [3.05, 3.63) is 59.8 Å². The third kappa shape index (κ3) is 4.31. The highest BCUT2D eigenvalue weighted by Crippen LogP contribution is 2.19. The summed E-state index contributed by atoms with van der Waals surface area (Å²) in [7, 11) is 0. The van der Waals surface area contributed by atoms with E-state index in [4.69, 9.17) is 0 Å². The molecular weight excluding hydrogens is 286 g/mol. The van der Waals surface area contributed by atoms with Crippen molar-refractivity contribution in [3.8, 4) is 0 Å². The maximum Gasteiger partial charge on any atom is 0.255 e. The van der Waals surface area contributed by atoms with Gasteiger partial charge in [0.05, 0.1) is 5.56 Å². The van der Waals surface area contributed by atoms with E-state index in [9.17, 15) is 4.79 Å². The fourth-order valence-corrected chi connectivity index (χ4v) is 3.03. The minimum atomic E-state index is -0.0211. The van der Waals surface area contributed by atoms with Crippen LogP contribution in [0.4, 0.5) is 5.82 Å². The van der Waals surface area contributed by atoms with E-state index in [2.05, 4.69) is 27.8 Å². The number of carbonyl (C=O) groups excluding carboxylic acids is 1. The molecule has 1 saturated carbocycles. The number of rotatable bonds is 6. The second-order valence-electron chi connectivity index (χ2n) is 6.02. The molecule has 2 aromatic rings. The average molecular weight is 309 g/mol. The molecule has 4 heteroatoms. The number of nitrogens with zero attached hydrogens (tertiary/aromatic N) is 1. The number of benzene rings is 1. The van der Waals surface area contributed by atoms with Crippen molar-refractivity contribution < 1.29 is 4.79 Å². The number of hydrogen-bond donors (Lipinski definition) is 2. The normalized spacial score (nSPS) is 14.6. The van der Waals surface area contributed by atoms with Crippen LogP contribution in [0.2, 0.25) is 0 Å². The van der Waals surface area contributed by atoms with Gasteiger partial charge in [-0.2, -0.15) is 0 Å². The van der Waals surface area contributed by atoms with Crippen molar-refractivity contribution in [1.82, 2.24) is 10.3 Å². The largest absolute Gasteiger partial charge is 0.369 e. The Labute approximate surface area is 137 Å². The van der Waals surface area contributed by atoms with Gasteiger partial charge in [0.2, 0.25) is 0 Å². The minimum absolute atomic E-state index is 0.0211. The Morgan fingerprint density at radius 3 is 2.65 bits per heavy atom. The molecule has 4 nitrogen and oxygen atoms in total. The minimum Gasteiger partial charge on any atom is -0.369 e. The van der Waals surface area contributed by atoms with E-state index in [-0.39, 0.29) is 5.91 Å². The molecule has 0 saturated heterocycles. The van der Waals surface area contributed by atoms with Gasteiger partial charge in [-0.05, 0) is 37.0 Å². The second-order valence-corrected chi connectivity index (χ2v) is 6.02. The molecule has 120 valence electrons. The first-order valence-electron chi connectivity index (χ1n) is 8.36. The maximum atomic E-state index is 12.5. The average Bonchev–Trinajstić information content (AvgIpc) is 3.09. The highest BCUT2D eigenvalue weighted by Gasteiger charge is 2.19. The summed E-state index contributed by atoms with van der Waals surface area (Å²) in [5.41, 5.74) is 1.90. The summed E-state index contributed by atoms with van der Waals surface area (Å²) in [4.78, 5) is 16.8. The smallest absolute Gasteiger partial charge is 0.255 e. The van der Waals surface area contributed by atoms with E-state index in [1.54, 1.807) is 6.20 Å². The predicted molar refractivity (Wildman–Crippen MR) is 92.6 cm³/mol. The Balaban J connectivity index is 1.59. The fourth-order valence-electron chi connectivity index (χ4n) is 3.03. The van der Waals surface area contributed by atoms with E-state index < -0.39 is 0 Å². The maximum absolute atomic E-state index is 12.5. The zero-order valence-corrected chi connectivity index (χ0v) is 13.3. The molecule has 23 heavy (non-hydrogen) atoms. The van der Waals surface area contributed by atoms with Crippen molar-refractivity contribution in [1.29, 1.82) is 0 Å². The quantitative estimate of drug-likeness (QED) is 0.860. The molecule has 1 aliphatic carbocycles. The summed E-state index contributed by atoms with van der Waals surface area (Å²) in [5.74, 6) is 0.645. The van der Waals surface area contributed by atoms with Gasteiger partial charge >= 0.3 is 0 Å². The number of aromatic nitrogens is 1. The van der Waals surface area contributed by atoms with Gasteiger partial charge in [0.15, 0.2) is 0 Å². The third-order valence-electron chi connectivity index (χ3n) is 4.29. The van der Waals surface area contributed by atoms with Gasteiger partial charge in [-0.3, -0.25) is 4.79 Å². The van der Waals surface area contributed by atoms with E-state index in [1.807, 2.05) is 30.3 Å². The van der Waals surface area contributed by atoms with Crippen LogP contribution >= 0.6 is 0 Å². The number of anilines is 1. The third-order valence-corrected chi connectivity index (χ3v) is 4.29. The molecule has 0 aliphatic heterocycles. The van der Waals surface area contributed by atoms with Gasteiger partial charge < -0.3 is 10.6 Å². The van der Waals surface area contributed by atoms with Crippen molar-refractivity contribution >= 4 is 11.7 Å². The Hall–Kier alpha value is -2.36. The van der Waals surface area contributed by atoms with Gasteiger partial charge in [0.25, 0.3) is 5.91 Å². The lowest BCUT2D eigenvalue weighted by molar-refractivity contribution is 0.0938. The summed E-state index contributed by atoms with van der Waals surface area (Å²) in [6, 6.07) is 14.3. The van der Waals surface area contributed by atoms with E-state index >= 15 is 0 Å². The molecule has 1 fully saturated rings. The number of amides is 1. The van der Waals surface area contributed by atoms with Crippen LogP contribution in [0.25, 0.3) is 0 Å². The van der Waals surface area contributed by atoms with Crippen LogP contribution < -0.4 is 10.6 Å². The molecule has 0 bridgehead atoms. The first-order chi connectivity index (χ1) is 11.3. The van der Waals surface area contributed by atoms with Crippen LogP contribution in [0.1, 0.15) is 41.6 Å². The lowest BCUT2D eigenvalue weighted by Gasteiger charge is -2.14. The standard InChI is InChI=1S/C19H23N3O/c23-19(22-16-9-4-5-10-16)17-11-6-13-20-18(17)21-14-12-15-7-2-1-3-8-15/h1-3,6-8,11,13,16H,4-5,9-10,12,14H2,(H,20,21)(H,22,23). The fraction of sp³-hybridized carbons (Fsp3) is 0.368. The van der Waals surface area contributed by atoms with Crippen molar-refractivity contribution in [2.75, 3.05) is 11.9 Å². The van der Waals surface area contributed by atoms with Crippen LogP contribution in [-0.2, 0) is 6.42 Å². The van der Waals surface area contributed by atoms with Crippen LogP contribution in [0, 0.1) is 0 Å². The SMILES string of the molecule is O=C(NC1CCCC1)c1cccnc1NCCc1ccccc1. The first kappa shape index (κ1) is 15.5. The number of hydrogen-bond acceptors (Lipinski definition) is 3. The van der Waals surface area contributed by atoms with Gasteiger partial charge in [0.1, 0.15) is 5.82 Å². The highest BCUT2D eigenvalue weighted by atomic mass is 16.1. The molecule has 1 aliphatic rings. The Morgan fingerprint density at radius 2 is 1.87 bits per heavy atom. The Bertz CT molecular complexity index is 636. The topological polar surface area (TPSA) is 54.0 Å². The molecule has 0 radical (unpaired) electrons. The molecule has 1 heterocycles. The van der Waals surface area contributed by atoms with Crippen LogP contribution in [-0.4, -0.2) is 23.5 Å². The molecular formula is C19H23N3O. The molecule has 0 unspecified atom stereocenters.